The predicted octanol–water partition coefficient (Wildman–Crippen LogP) is 2.45. The molecule has 0 bridgehead atoms. The number of hydrogen-bond acceptors (Lipinski definition) is 2. The van der Waals surface area contributed by atoms with Gasteiger partial charge in [0.05, 0.1) is 6.42 Å². The Morgan fingerprint density at radius 1 is 1.31 bits per heavy atom. The summed E-state index contributed by atoms with van der Waals surface area (Å²) in [5.41, 5.74) is 0. The summed E-state index contributed by atoms with van der Waals surface area (Å²) in [7, 11) is 0. The molecule has 3 atom stereocenters. The first-order valence-corrected chi connectivity index (χ1v) is 5.93. The molecule has 1 rings (SSSR count). The number of nitrogens with one attached hydrogen (secondary N) is 2. The topological polar surface area (TPSA) is 24.1 Å². The van der Waals surface area contributed by atoms with E-state index in [9.17, 15) is 13.2 Å². The van der Waals surface area contributed by atoms with E-state index in [1.165, 1.54) is 6.42 Å². The first kappa shape index (κ1) is 13.8. The molecule has 0 aromatic heterocycles. The monoisotopic (exact) mass is 238 g/mol. The van der Waals surface area contributed by atoms with Gasteiger partial charge in [-0.3, -0.25) is 0 Å². The lowest BCUT2D eigenvalue weighted by Gasteiger charge is -2.23. The Labute approximate surface area is 95.0 Å². The number of alkyl halides is 3. The Bertz CT molecular complexity index is 200. The molecule has 1 aliphatic rings. The van der Waals surface area contributed by atoms with Crippen molar-refractivity contribution in [3.63, 3.8) is 0 Å². The Morgan fingerprint density at radius 3 is 2.50 bits per heavy atom. The highest BCUT2D eigenvalue weighted by atomic mass is 19.4. The molecule has 0 aromatic rings. The van der Waals surface area contributed by atoms with Crippen molar-refractivity contribution in [2.75, 3.05) is 6.54 Å². The molecule has 1 heterocycles. The summed E-state index contributed by atoms with van der Waals surface area (Å²) in [6, 6.07) is 0.102. The molecule has 16 heavy (non-hydrogen) atoms. The van der Waals surface area contributed by atoms with Gasteiger partial charge in [-0.25, -0.2) is 0 Å². The van der Waals surface area contributed by atoms with Crippen LogP contribution in [0.15, 0.2) is 0 Å². The van der Waals surface area contributed by atoms with Crippen LogP contribution in [-0.2, 0) is 0 Å². The van der Waals surface area contributed by atoms with Gasteiger partial charge in [-0.15, -0.1) is 0 Å². The van der Waals surface area contributed by atoms with Crippen LogP contribution in [0.5, 0.6) is 0 Å². The van der Waals surface area contributed by atoms with Crippen LogP contribution in [0.25, 0.3) is 0 Å². The second kappa shape index (κ2) is 5.87. The van der Waals surface area contributed by atoms with Crippen molar-refractivity contribution < 1.29 is 13.2 Å². The lowest BCUT2D eigenvalue weighted by atomic mass is 10.1. The molecule has 96 valence electrons. The summed E-state index contributed by atoms with van der Waals surface area (Å²) in [5, 5.41) is 6.35. The van der Waals surface area contributed by atoms with Crippen LogP contribution in [0.2, 0.25) is 0 Å². The minimum absolute atomic E-state index is 0.132. The zero-order chi connectivity index (χ0) is 12.2. The Kier molecular flexibility index (Phi) is 5.05. The standard InChI is InChI=1S/C11H21F3N2/c1-8(6-10-4-3-5-15-10)16-9(2)7-11(12,13)14/h8-10,15-16H,3-7H2,1-2H3. The van der Waals surface area contributed by atoms with Gasteiger partial charge in [0.2, 0.25) is 0 Å². The molecule has 0 saturated carbocycles. The van der Waals surface area contributed by atoms with E-state index >= 15 is 0 Å². The summed E-state index contributed by atoms with van der Waals surface area (Å²) in [5.74, 6) is 0. The van der Waals surface area contributed by atoms with Gasteiger partial charge in [0.25, 0.3) is 0 Å². The largest absolute Gasteiger partial charge is 0.390 e. The molecule has 5 heteroatoms. The summed E-state index contributed by atoms with van der Waals surface area (Å²) in [4.78, 5) is 0. The minimum Gasteiger partial charge on any atom is -0.314 e. The molecule has 0 aliphatic carbocycles. The van der Waals surface area contributed by atoms with E-state index in [2.05, 4.69) is 10.6 Å². The highest BCUT2D eigenvalue weighted by molar-refractivity contribution is 4.80. The van der Waals surface area contributed by atoms with Crippen molar-refractivity contribution in [2.45, 2.75) is 63.8 Å². The summed E-state index contributed by atoms with van der Waals surface area (Å²) in [6.07, 6.45) is -1.61. The van der Waals surface area contributed by atoms with Gasteiger partial charge in [-0.2, -0.15) is 13.2 Å². The van der Waals surface area contributed by atoms with E-state index in [0.29, 0.717) is 6.04 Å². The average Bonchev–Trinajstić information content (AvgIpc) is 2.51. The van der Waals surface area contributed by atoms with Crippen LogP contribution in [-0.4, -0.2) is 30.8 Å². The summed E-state index contributed by atoms with van der Waals surface area (Å²) in [6.45, 7) is 4.58. The Balaban J connectivity index is 2.19. The fraction of sp³-hybridized carbons (Fsp3) is 1.00. The smallest absolute Gasteiger partial charge is 0.314 e. The highest BCUT2D eigenvalue weighted by Gasteiger charge is 2.30. The molecular weight excluding hydrogens is 217 g/mol. The zero-order valence-corrected chi connectivity index (χ0v) is 9.90. The van der Waals surface area contributed by atoms with E-state index in [1.54, 1.807) is 6.92 Å². The molecule has 3 unspecified atom stereocenters. The van der Waals surface area contributed by atoms with Crippen LogP contribution in [0.3, 0.4) is 0 Å². The molecule has 0 spiro atoms. The number of hydrogen-bond donors (Lipinski definition) is 2. The first-order valence-electron chi connectivity index (χ1n) is 5.93. The Hall–Kier alpha value is -0.290. The zero-order valence-electron chi connectivity index (χ0n) is 9.90. The molecule has 0 amide bonds. The van der Waals surface area contributed by atoms with E-state index in [4.69, 9.17) is 0 Å². The predicted molar refractivity (Wildman–Crippen MR) is 58.4 cm³/mol. The quantitative estimate of drug-likeness (QED) is 0.768. The van der Waals surface area contributed by atoms with Crippen LogP contribution in [0, 0.1) is 0 Å². The van der Waals surface area contributed by atoms with Gasteiger partial charge in [-0.05, 0) is 39.7 Å². The second-order valence-electron chi connectivity index (χ2n) is 4.82. The van der Waals surface area contributed by atoms with E-state index in [-0.39, 0.29) is 6.04 Å². The van der Waals surface area contributed by atoms with Crippen molar-refractivity contribution in [1.29, 1.82) is 0 Å². The van der Waals surface area contributed by atoms with Crippen molar-refractivity contribution in [3.05, 3.63) is 0 Å². The molecule has 1 saturated heterocycles. The molecule has 1 aliphatic heterocycles. The average molecular weight is 238 g/mol. The fourth-order valence-corrected chi connectivity index (χ4v) is 2.34. The maximum atomic E-state index is 12.1. The third-order valence-electron chi connectivity index (χ3n) is 2.91. The lowest BCUT2D eigenvalue weighted by Crippen LogP contribution is -2.40. The maximum Gasteiger partial charge on any atom is 0.390 e. The van der Waals surface area contributed by atoms with E-state index < -0.39 is 18.6 Å². The third-order valence-corrected chi connectivity index (χ3v) is 2.91. The van der Waals surface area contributed by atoms with Gasteiger partial charge in [0.15, 0.2) is 0 Å². The van der Waals surface area contributed by atoms with Crippen LogP contribution in [0.1, 0.15) is 39.5 Å². The van der Waals surface area contributed by atoms with Crippen LogP contribution >= 0.6 is 0 Å². The first-order chi connectivity index (χ1) is 7.37. The minimum atomic E-state index is -4.07. The molecule has 2 N–H and O–H groups in total. The summed E-state index contributed by atoms with van der Waals surface area (Å²) >= 11 is 0. The number of rotatable bonds is 5. The fourth-order valence-electron chi connectivity index (χ4n) is 2.34. The molecule has 1 fully saturated rings. The Morgan fingerprint density at radius 2 is 2.00 bits per heavy atom. The number of halogens is 3. The molecular formula is C11H21F3N2. The molecule has 2 nitrogen and oxygen atoms in total. The van der Waals surface area contributed by atoms with Gasteiger partial charge in [-0.1, -0.05) is 0 Å². The van der Waals surface area contributed by atoms with Gasteiger partial charge in [0.1, 0.15) is 0 Å². The lowest BCUT2D eigenvalue weighted by molar-refractivity contribution is -0.139. The summed E-state index contributed by atoms with van der Waals surface area (Å²) < 4.78 is 36.3. The van der Waals surface area contributed by atoms with Crippen molar-refractivity contribution in [2.24, 2.45) is 0 Å². The van der Waals surface area contributed by atoms with Crippen molar-refractivity contribution >= 4 is 0 Å². The maximum absolute atomic E-state index is 12.1. The highest BCUT2D eigenvalue weighted by Crippen LogP contribution is 2.21. The van der Waals surface area contributed by atoms with Crippen LogP contribution < -0.4 is 10.6 Å². The molecule has 0 aromatic carbocycles. The normalized spacial score (nSPS) is 25.7. The van der Waals surface area contributed by atoms with Crippen molar-refractivity contribution in [1.82, 2.24) is 10.6 Å². The van der Waals surface area contributed by atoms with Gasteiger partial charge < -0.3 is 10.6 Å². The van der Waals surface area contributed by atoms with Gasteiger partial charge in [0, 0.05) is 18.1 Å². The second-order valence-corrected chi connectivity index (χ2v) is 4.82. The van der Waals surface area contributed by atoms with Crippen LogP contribution in [0.4, 0.5) is 13.2 Å². The van der Waals surface area contributed by atoms with E-state index in [0.717, 1.165) is 19.4 Å². The molecule has 0 radical (unpaired) electrons. The third kappa shape index (κ3) is 5.70. The van der Waals surface area contributed by atoms with Gasteiger partial charge >= 0.3 is 6.18 Å². The SMILES string of the molecule is CC(CC1CCCN1)NC(C)CC(F)(F)F. The van der Waals surface area contributed by atoms with Crippen molar-refractivity contribution in [3.8, 4) is 0 Å². The van der Waals surface area contributed by atoms with E-state index in [1.807, 2.05) is 6.92 Å².